The van der Waals surface area contributed by atoms with Crippen molar-refractivity contribution in [1.29, 1.82) is 0 Å². The zero-order chi connectivity index (χ0) is 14.0. The molecule has 0 fully saturated rings. The molecule has 0 aliphatic heterocycles. The van der Waals surface area contributed by atoms with Gasteiger partial charge in [-0.05, 0) is 30.7 Å². The van der Waals surface area contributed by atoms with Crippen LogP contribution in [0.4, 0.5) is 17.2 Å². The van der Waals surface area contributed by atoms with E-state index in [2.05, 4.69) is 15.3 Å². The predicted molar refractivity (Wildman–Crippen MR) is 73.2 cm³/mol. The third-order valence-corrected chi connectivity index (χ3v) is 2.91. The number of nitro groups is 1. The summed E-state index contributed by atoms with van der Waals surface area (Å²) in [7, 11) is 0. The van der Waals surface area contributed by atoms with Crippen molar-refractivity contribution in [2.45, 2.75) is 6.92 Å². The number of aryl methyl sites for hydroxylation is 1. The van der Waals surface area contributed by atoms with E-state index in [0.29, 0.717) is 10.7 Å². The molecule has 2 rings (SSSR count). The van der Waals surface area contributed by atoms with Crippen LogP contribution in [0.25, 0.3) is 0 Å². The van der Waals surface area contributed by atoms with Crippen molar-refractivity contribution in [2.75, 3.05) is 5.32 Å². The van der Waals surface area contributed by atoms with Gasteiger partial charge in [0.05, 0.1) is 4.92 Å². The van der Waals surface area contributed by atoms with Crippen LogP contribution in [0.5, 0.6) is 0 Å². The number of hydrogen-bond acceptors (Lipinski definition) is 5. The van der Waals surface area contributed by atoms with Crippen LogP contribution < -0.4 is 5.32 Å². The topological polar surface area (TPSA) is 81.0 Å². The fourth-order valence-electron chi connectivity index (χ4n) is 1.51. The van der Waals surface area contributed by atoms with Crippen LogP contribution in [-0.4, -0.2) is 14.9 Å². The molecule has 1 aromatic heterocycles. The number of benzene rings is 1. The molecule has 0 aliphatic rings. The third-order valence-electron chi connectivity index (χ3n) is 2.40. The number of aromatic nitrogens is 2. The van der Waals surface area contributed by atoms with Crippen molar-refractivity contribution in [3.63, 3.8) is 0 Å². The van der Waals surface area contributed by atoms with Gasteiger partial charge in [-0.2, -0.15) is 0 Å². The van der Waals surface area contributed by atoms with Gasteiger partial charge in [0, 0.05) is 10.7 Å². The quantitative estimate of drug-likeness (QED) is 0.530. The van der Waals surface area contributed by atoms with E-state index in [9.17, 15) is 10.1 Å². The maximum atomic E-state index is 11.0. The molecule has 1 heterocycles. The van der Waals surface area contributed by atoms with Gasteiger partial charge in [0.2, 0.25) is 11.0 Å². The van der Waals surface area contributed by atoms with Crippen molar-refractivity contribution in [2.24, 2.45) is 0 Å². The van der Waals surface area contributed by atoms with Crippen LogP contribution in [0.3, 0.4) is 0 Å². The number of nitrogens with one attached hydrogen (secondary N) is 1. The Morgan fingerprint density at radius 2 is 2.05 bits per heavy atom. The van der Waals surface area contributed by atoms with Crippen molar-refractivity contribution in [1.82, 2.24) is 9.97 Å². The smallest absolute Gasteiger partial charge is 0.334 e. The van der Waals surface area contributed by atoms with Crippen molar-refractivity contribution in [3.8, 4) is 0 Å². The lowest BCUT2D eigenvalue weighted by molar-refractivity contribution is -0.384. The summed E-state index contributed by atoms with van der Waals surface area (Å²) in [6.07, 6.45) is 1.16. The van der Waals surface area contributed by atoms with Gasteiger partial charge in [-0.15, -0.1) is 0 Å². The van der Waals surface area contributed by atoms with Gasteiger partial charge < -0.3 is 5.32 Å². The van der Waals surface area contributed by atoms with Gasteiger partial charge in [-0.3, -0.25) is 10.1 Å². The van der Waals surface area contributed by atoms with E-state index < -0.39 is 4.92 Å². The SMILES string of the molecule is Cc1cc(Cl)ccc1Nc1ncnc(Cl)c1[N+](=O)[O-]. The first-order valence-corrected chi connectivity index (χ1v) is 5.92. The Bertz CT molecular complexity index is 649. The molecule has 0 aliphatic carbocycles. The molecule has 0 saturated heterocycles. The predicted octanol–water partition coefficient (Wildman–Crippen LogP) is 3.74. The van der Waals surface area contributed by atoms with E-state index in [0.717, 1.165) is 11.9 Å². The first-order valence-electron chi connectivity index (χ1n) is 5.17. The molecule has 2 aromatic rings. The molecular weight excluding hydrogens is 291 g/mol. The highest BCUT2D eigenvalue weighted by Gasteiger charge is 2.21. The zero-order valence-corrected chi connectivity index (χ0v) is 11.2. The first-order chi connectivity index (χ1) is 8.99. The average Bonchev–Trinajstić information content (AvgIpc) is 2.32. The summed E-state index contributed by atoms with van der Waals surface area (Å²) in [6, 6.07) is 5.11. The molecule has 0 spiro atoms. The first kappa shape index (κ1) is 13.5. The van der Waals surface area contributed by atoms with Crippen LogP contribution in [0, 0.1) is 17.0 Å². The van der Waals surface area contributed by atoms with E-state index >= 15 is 0 Å². The Kier molecular flexibility index (Phi) is 3.82. The van der Waals surface area contributed by atoms with Crippen LogP contribution in [0.15, 0.2) is 24.5 Å². The molecule has 0 bridgehead atoms. The van der Waals surface area contributed by atoms with Crippen molar-refractivity contribution < 1.29 is 4.92 Å². The highest BCUT2D eigenvalue weighted by Crippen LogP contribution is 2.31. The standard InChI is InChI=1S/C11H8Cl2N4O2/c1-6-4-7(12)2-3-8(6)16-11-9(17(18)19)10(13)14-5-15-11/h2-5H,1H3,(H,14,15,16). The minimum absolute atomic E-state index is 0.0374. The van der Waals surface area contributed by atoms with Gasteiger partial charge in [0.15, 0.2) is 0 Å². The Balaban J connectivity index is 2.44. The highest BCUT2D eigenvalue weighted by molar-refractivity contribution is 6.32. The zero-order valence-electron chi connectivity index (χ0n) is 9.72. The highest BCUT2D eigenvalue weighted by atomic mass is 35.5. The molecule has 1 aromatic carbocycles. The minimum Gasteiger partial charge on any atom is -0.334 e. The summed E-state index contributed by atoms with van der Waals surface area (Å²) < 4.78 is 0. The van der Waals surface area contributed by atoms with Crippen LogP contribution in [-0.2, 0) is 0 Å². The van der Waals surface area contributed by atoms with Gasteiger partial charge >= 0.3 is 5.69 Å². The lowest BCUT2D eigenvalue weighted by Crippen LogP contribution is -2.02. The second-order valence-corrected chi connectivity index (χ2v) is 4.50. The molecule has 6 nitrogen and oxygen atoms in total. The molecule has 8 heteroatoms. The van der Waals surface area contributed by atoms with Gasteiger partial charge in [-0.1, -0.05) is 23.2 Å². The second kappa shape index (κ2) is 5.38. The molecule has 0 amide bonds. The largest absolute Gasteiger partial charge is 0.348 e. The minimum atomic E-state index is -0.629. The summed E-state index contributed by atoms with van der Waals surface area (Å²) in [5, 5.41) is 14.2. The molecule has 1 N–H and O–H groups in total. The Morgan fingerprint density at radius 1 is 1.32 bits per heavy atom. The average molecular weight is 299 g/mol. The van der Waals surface area contributed by atoms with E-state index in [1.165, 1.54) is 0 Å². The summed E-state index contributed by atoms with van der Waals surface area (Å²) in [5.74, 6) is 0.0374. The number of halogens is 2. The number of rotatable bonds is 3. The lowest BCUT2D eigenvalue weighted by atomic mass is 10.2. The number of anilines is 2. The van der Waals surface area contributed by atoms with Crippen LogP contribution in [0.1, 0.15) is 5.56 Å². The summed E-state index contributed by atoms with van der Waals surface area (Å²) in [4.78, 5) is 17.8. The molecule has 98 valence electrons. The molecule has 19 heavy (non-hydrogen) atoms. The van der Waals surface area contributed by atoms with E-state index in [1.807, 2.05) is 6.92 Å². The Hall–Kier alpha value is -1.92. The summed E-state index contributed by atoms with van der Waals surface area (Å²) in [6.45, 7) is 1.82. The van der Waals surface area contributed by atoms with Crippen LogP contribution >= 0.6 is 23.2 Å². The second-order valence-electron chi connectivity index (χ2n) is 3.70. The third kappa shape index (κ3) is 2.91. The Morgan fingerprint density at radius 3 is 2.68 bits per heavy atom. The van der Waals surface area contributed by atoms with Gasteiger partial charge in [-0.25, -0.2) is 9.97 Å². The monoisotopic (exact) mass is 298 g/mol. The molecular formula is C11H8Cl2N4O2. The van der Waals surface area contributed by atoms with Gasteiger partial charge in [0.1, 0.15) is 6.33 Å². The van der Waals surface area contributed by atoms with Crippen molar-refractivity contribution in [3.05, 3.63) is 50.4 Å². The fraction of sp³-hybridized carbons (Fsp3) is 0.0909. The van der Waals surface area contributed by atoms with E-state index in [4.69, 9.17) is 23.2 Å². The number of hydrogen-bond donors (Lipinski definition) is 1. The normalized spacial score (nSPS) is 10.3. The van der Waals surface area contributed by atoms with Crippen molar-refractivity contribution >= 4 is 40.4 Å². The van der Waals surface area contributed by atoms with Gasteiger partial charge in [0.25, 0.3) is 0 Å². The molecule has 0 atom stereocenters. The number of nitrogens with zero attached hydrogens (tertiary/aromatic N) is 3. The van der Waals surface area contributed by atoms with Crippen LogP contribution in [0.2, 0.25) is 10.2 Å². The summed E-state index contributed by atoms with van der Waals surface area (Å²) >= 11 is 11.5. The molecule has 0 radical (unpaired) electrons. The van der Waals surface area contributed by atoms with E-state index in [-0.39, 0.29) is 16.7 Å². The lowest BCUT2D eigenvalue weighted by Gasteiger charge is -2.09. The molecule has 0 unspecified atom stereocenters. The maximum Gasteiger partial charge on any atom is 0.348 e. The summed E-state index contributed by atoms with van der Waals surface area (Å²) in [5.41, 5.74) is 1.12. The Labute approximate surface area is 118 Å². The fourth-order valence-corrected chi connectivity index (χ4v) is 1.93. The van der Waals surface area contributed by atoms with E-state index in [1.54, 1.807) is 18.2 Å². The molecule has 0 saturated carbocycles. The maximum absolute atomic E-state index is 11.0.